The number of anilines is 1. The number of piperidine rings is 1. The molecule has 2 aliphatic rings. The Morgan fingerprint density at radius 3 is 2.51 bits per heavy atom. The number of hydrogen-bond donors (Lipinski definition) is 1. The molecule has 41 heavy (non-hydrogen) atoms. The van der Waals surface area contributed by atoms with Gasteiger partial charge in [-0.25, -0.2) is 9.78 Å². The van der Waals surface area contributed by atoms with Crippen LogP contribution in [-0.2, 0) is 4.79 Å². The van der Waals surface area contributed by atoms with E-state index in [9.17, 15) is 14.9 Å². The minimum atomic E-state index is -0.273. The van der Waals surface area contributed by atoms with Crippen molar-refractivity contribution in [1.82, 2.24) is 19.0 Å². The minimum absolute atomic E-state index is 0.0908. The Morgan fingerprint density at radius 2 is 1.83 bits per heavy atom. The smallest absolute Gasteiger partial charge is 0.334 e. The topological polar surface area (TPSA) is 119 Å². The van der Waals surface area contributed by atoms with E-state index < -0.39 is 0 Å². The molecule has 6 rings (SSSR count). The van der Waals surface area contributed by atoms with E-state index in [2.05, 4.69) is 18.0 Å². The molecule has 9 heteroatoms. The van der Waals surface area contributed by atoms with Crippen LogP contribution in [0.4, 0.5) is 5.82 Å². The molecule has 0 spiro atoms. The van der Waals surface area contributed by atoms with Gasteiger partial charge in [0, 0.05) is 19.3 Å². The summed E-state index contributed by atoms with van der Waals surface area (Å²) in [5.41, 5.74) is 7.98. The van der Waals surface area contributed by atoms with E-state index in [0.29, 0.717) is 35.6 Å². The minimum Gasteiger partial charge on any atom is -0.457 e. The second-order valence-corrected chi connectivity index (χ2v) is 11.2. The number of nitrogens with two attached hydrogens (primary N) is 1. The number of rotatable bonds is 6. The van der Waals surface area contributed by atoms with E-state index in [4.69, 9.17) is 10.5 Å². The second-order valence-electron chi connectivity index (χ2n) is 11.2. The van der Waals surface area contributed by atoms with Crippen molar-refractivity contribution < 1.29 is 9.53 Å². The van der Waals surface area contributed by atoms with Gasteiger partial charge in [0.2, 0.25) is 0 Å². The second kappa shape index (κ2) is 10.6. The third-order valence-electron chi connectivity index (χ3n) is 8.27. The van der Waals surface area contributed by atoms with Gasteiger partial charge in [-0.2, -0.15) is 5.26 Å². The van der Waals surface area contributed by atoms with Crippen LogP contribution in [-0.4, -0.2) is 38.0 Å². The number of imidazole rings is 1. The van der Waals surface area contributed by atoms with E-state index in [1.165, 1.54) is 0 Å². The first-order valence-electron chi connectivity index (χ1n) is 14.0. The Balaban J connectivity index is 1.33. The van der Waals surface area contributed by atoms with Crippen LogP contribution >= 0.6 is 0 Å². The van der Waals surface area contributed by atoms with Crippen molar-refractivity contribution in [3.8, 4) is 23.3 Å². The monoisotopic (exact) mass is 548 g/mol. The van der Waals surface area contributed by atoms with Crippen LogP contribution in [0.15, 0.2) is 83.3 Å². The highest BCUT2D eigenvalue weighted by Crippen LogP contribution is 2.42. The molecular weight excluding hydrogens is 516 g/mol. The molecule has 2 N–H and O–H groups in total. The Labute approximate surface area is 238 Å². The zero-order valence-electron chi connectivity index (χ0n) is 23.0. The van der Waals surface area contributed by atoms with E-state index in [-0.39, 0.29) is 34.4 Å². The van der Waals surface area contributed by atoms with Gasteiger partial charge in [0.1, 0.15) is 34.5 Å². The highest BCUT2D eigenvalue weighted by Gasteiger charge is 2.34. The Hall–Kier alpha value is -4.84. The lowest BCUT2D eigenvalue weighted by molar-refractivity contribution is -0.128. The largest absolute Gasteiger partial charge is 0.457 e. The number of pyridine rings is 1. The number of nitrogen functional groups attached to an aromatic ring is 1. The quantitative estimate of drug-likeness (QED) is 0.256. The van der Waals surface area contributed by atoms with Crippen molar-refractivity contribution in [1.29, 1.82) is 5.26 Å². The Kier molecular flexibility index (Phi) is 6.83. The maximum Gasteiger partial charge on any atom is 0.334 e. The van der Waals surface area contributed by atoms with Crippen LogP contribution < -0.4 is 16.2 Å². The van der Waals surface area contributed by atoms with Gasteiger partial charge in [0.15, 0.2) is 0 Å². The number of allylic oxidation sites excluding steroid dienone is 1. The predicted molar refractivity (Wildman–Crippen MR) is 157 cm³/mol. The zero-order chi connectivity index (χ0) is 28.6. The fraction of sp³-hybridized carbons (Fsp3) is 0.312. The third kappa shape index (κ3) is 4.97. The summed E-state index contributed by atoms with van der Waals surface area (Å²) in [7, 11) is 0. The molecule has 1 saturated heterocycles. The molecule has 1 amide bonds. The number of fused-ring (bicyclic) bond motifs is 1. The molecule has 0 unspecified atom stereocenters. The van der Waals surface area contributed by atoms with Crippen LogP contribution in [0.25, 0.3) is 16.7 Å². The van der Waals surface area contributed by atoms with Crippen molar-refractivity contribution in [3.05, 3.63) is 89.0 Å². The van der Waals surface area contributed by atoms with Crippen LogP contribution in [0.3, 0.4) is 0 Å². The molecule has 208 valence electrons. The first-order chi connectivity index (χ1) is 19.9. The number of amides is 1. The number of carbonyl (C=O) groups excluding carboxylic acids is 1. The van der Waals surface area contributed by atoms with Crippen LogP contribution in [0.2, 0.25) is 0 Å². The number of benzene rings is 2. The number of ether oxygens (including phenoxy) is 1. The van der Waals surface area contributed by atoms with Crippen molar-refractivity contribution in [2.75, 3.05) is 18.8 Å². The van der Waals surface area contributed by atoms with Gasteiger partial charge in [0.05, 0.1) is 17.2 Å². The maximum atomic E-state index is 14.1. The predicted octanol–water partition coefficient (Wildman–Crippen LogP) is 5.37. The fourth-order valence-corrected chi connectivity index (χ4v) is 5.96. The molecule has 2 aromatic carbocycles. The number of carbonyl (C=O) groups is 1. The molecule has 3 heterocycles. The number of hydrogen-bond acceptors (Lipinski definition) is 6. The molecule has 0 bridgehead atoms. The average molecular weight is 549 g/mol. The van der Waals surface area contributed by atoms with Gasteiger partial charge in [0.25, 0.3) is 5.91 Å². The van der Waals surface area contributed by atoms with Gasteiger partial charge in [-0.3, -0.25) is 13.9 Å². The van der Waals surface area contributed by atoms with Crippen LogP contribution in [0.5, 0.6) is 11.5 Å². The summed E-state index contributed by atoms with van der Waals surface area (Å²) in [6.07, 6.45) is 7.96. The van der Waals surface area contributed by atoms with Gasteiger partial charge < -0.3 is 15.4 Å². The number of nitriles is 1. The first-order valence-corrected chi connectivity index (χ1v) is 14.0. The zero-order valence-corrected chi connectivity index (χ0v) is 23.0. The van der Waals surface area contributed by atoms with Crippen molar-refractivity contribution >= 4 is 22.8 Å². The van der Waals surface area contributed by atoms with E-state index in [1.807, 2.05) is 60.7 Å². The highest BCUT2D eigenvalue weighted by molar-refractivity contribution is 5.97. The lowest BCUT2D eigenvalue weighted by Gasteiger charge is -2.37. The molecule has 1 aliphatic carbocycles. The lowest BCUT2D eigenvalue weighted by atomic mass is 9.69. The number of likely N-dealkylation sites (tertiary alicyclic amines) is 1. The van der Waals surface area contributed by atoms with E-state index in [1.54, 1.807) is 26.3 Å². The summed E-state index contributed by atoms with van der Waals surface area (Å²) < 4.78 is 9.22. The summed E-state index contributed by atoms with van der Waals surface area (Å²) in [5.74, 6) is 1.34. The molecule has 2 fully saturated rings. The standard InChI is InChI=1S/C32H32N6O3/c1-32(15-6-16-32)19-22(20-33)30(39)36-18-5-7-24(21-36)37-27-14-17-35-29(34)28(27)38(31(37)40)23-10-12-26(13-11-23)41-25-8-3-2-4-9-25/h2-4,8-14,17,19,24H,5-7,15-16,18,21H2,1H3,(H2,34,35)/b22-19+/t24-/m1/s1. The molecule has 1 atom stereocenters. The summed E-state index contributed by atoms with van der Waals surface area (Å²) in [5, 5.41) is 9.79. The van der Waals surface area contributed by atoms with Gasteiger partial charge in [-0.15, -0.1) is 0 Å². The maximum absolute atomic E-state index is 14.1. The fourth-order valence-electron chi connectivity index (χ4n) is 5.96. The lowest BCUT2D eigenvalue weighted by Crippen LogP contribution is -2.43. The number of para-hydroxylation sites is 1. The van der Waals surface area contributed by atoms with Crippen molar-refractivity contribution in [2.24, 2.45) is 5.41 Å². The van der Waals surface area contributed by atoms with Crippen LogP contribution in [0.1, 0.15) is 45.1 Å². The molecule has 9 nitrogen and oxygen atoms in total. The molecule has 1 saturated carbocycles. The number of aromatic nitrogens is 3. The molecular formula is C32H32N6O3. The molecule has 0 radical (unpaired) electrons. The van der Waals surface area contributed by atoms with Crippen molar-refractivity contribution in [3.63, 3.8) is 0 Å². The Morgan fingerprint density at radius 1 is 1.10 bits per heavy atom. The van der Waals surface area contributed by atoms with Crippen LogP contribution in [0, 0.1) is 16.7 Å². The summed E-state index contributed by atoms with van der Waals surface area (Å²) in [6.45, 7) is 2.97. The van der Waals surface area contributed by atoms with Gasteiger partial charge in [-0.05, 0) is 73.6 Å². The van der Waals surface area contributed by atoms with E-state index in [0.717, 1.165) is 37.9 Å². The summed E-state index contributed by atoms with van der Waals surface area (Å²) in [6, 6.07) is 20.4. The SMILES string of the molecule is CC1(/C=C(\C#N)C(=O)N2CCC[C@@H](n3c(=O)n(-c4ccc(Oc5ccccc5)cc4)c4c(N)nccc43)C2)CCC1. The normalized spacial score (nSPS) is 18.5. The van der Waals surface area contributed by atoms with E-state index >= 15 is 0 Å². The molecule has 1 aliphatic heterocycles. The third-order valence-corrected chi connectivity index (χ3v) is 8.27. The van der Waals surface area contributed by atoms with Gasteiger partial charge in [-0.1, -0.05) is 37.6 Å². The van der Waals surface area contributed by atoms with Crippen molar-refractivity contribution in [2.45, 2.75) is 45.1 Å². The average Bonchev–Trinajstić information content (AvgIpc) is 3.28. The number of nitrogens with zero attached hydrogens (tertiary/aromatic N) is 5. The Bertz CT molecular complexity index is 1730. The summed E-state index contributed by atoms with van der Waals surface area (Å²) >= 11 is 0. The molecule has 4 aromatic rings. The summed E-state index contributed by atoms with van der Waals surface area (Å²) in [4.78, 5) is 33.5. The van der Waals surface area contributed by atoms with Gasteiger partial charge >= 0.3 is 5.69 Å². The first kappa shape index (κ1) is 26.4. The molecule has 2 aromatic heterocycles. The highest BCUT2D eigenvalue weighted by atomic mass is 16.5.